The van der Waals surface area contributed by atoms with Gasteiger partial charge in [-0.05, 0) is 134 Å². The normalized spacial score (nSPS) is 25.1. The van der Waals surface area contributed by atoms with Crippen molar-refractivity contribution in [2.75, 3.05) is 0 Å². The van der Waals surface area contributed by atoms with Crippen molar-refractivity contribution in [2.24, 2.45) is 28.7 Å². The van der Waals surface area contributed by atoms with Crippen LogP contribution in [0.1, 0.15) is 181 Å². The van der Waals surface area contributed by atoms with E-state index >= 15 is 0 Å². The van der Waals surface area contributed by atoms with Crippen molar-refractivity contribution in [3.05, 3.63) is 108 Å². The fourth-order valence-electron chi connectivity index (χ4n) is 7.57. The molecule has 442 valence electrons. The molecule has 0 aromatic heterocycles. The van der Waals surface area contributed by atoms with Crippen LogP contribution in [-0.2, 0) is 24.0 Å². The first-order valence-electron chi connectivity index (χ1n) is 25.4. The maximum absolute atomic E-state index is 10.7. The second kappa shape index (κ2) is 45.2. The molecule has 19 heteroatoms. The van der Waals surface area contributed by atoms with Crippen molar-refractivity contribution in [3.8, 4) is 0 Å². The average Bonchev–Trinajstić information content (AvgIpc) is 4.23. The van der Waals surface area contributed by atoms with E-state index in [0.717, 1.165) is 103 Å². The van der Waals surface area contributed by atoms with Gasteiger partial charge in [0.25, 0.3) is 0 Å². The molecule has 5 saturated carbocycles. The van der Waals surface area contributed by atoms with Crippen molar-refractivity contribution in [1.82, 2.24) is 0 Å². The molecule has 0 aliphatic heterocycles. The Labute approximate surface area is 459 Å². The summed E-state index contributed by atoms with van der Waals surface area (Å²) in [5.41, 5.74) is 29.3. The van der Waals surface area contributed by atoms with Gasteiger partial charge in [-0.2, -0.15) is 0 Å². The molecule has 0 bridgehead atoms. The lowest BCUT2D eigenvalue weighted by Gasteiger charge is -2.04. The van der Waals surface area contributed by atoms with E-state index in [2.05, 4.69) is 0 Å². The summed E-state index contributed by atoms with van der Waals surface area (Å²) in [6.07, 6.45) is 10.2. The number of aliphatic hydroxyl groups excluding tert-OH is 8. The number of carboxylic acids is 1. The standard InChI is InChI=1S/3C9H10O2.5C5H11NO.C3H4O3.3CH4/c3*1-7(10)9(11)8-5-3-2-4-6-8;5*6-4-1-2-5(7)3-4;1-2(4)3(5)6;;;/h3*2-6,9,11H,1H3;5*4-5,7H,1-3,6H2;1H3,(H,5,6);3*1H4/t2*9-;;5*4-,5+;;;;/m10.00000..../s1. The largest absolute Gasteiger partial charge is 0.476 e. The molecule has 19 N–H and O–H groups in total. The number of ketones is 4. The Morgan fingerprint density at radius 3 is 0.597 bits per heavy atom. The second-order valence-electron chi connectivity index (χ2n) is 19.3. The second-order valence-corrected chi connectivity index (χ2v) is 19.3. The number of carbonyl (C=O) groups is 5. The highest BCUT2D eigenvalue weighted by Gasteiger charge is 2.21. The van der Waals surface area contributed by atoms with Crippen LogP contribution in [-0.4, -0.2) is 136 Å². The van der Waals surface area contributed by atoms with Gasteiger partial charge in [0.1, 0.15) is 18.3 Å². The predicted molar refractivity (Wildman–Crippen MR) is 304 cm³/mol. The monoisotopic (exact) mass is 1090 g/mol. The number of hydrogen-bond acceptors (Lipinski definition) is 18. The Bertz CT molecular complexity index is 1680. The summed E-state index contributed by atoms with van der Waals surface area (Å²) in [4.78, 5) is 51.0. The Morgan fingerprint density at radius 1 is 0.364 bits per heavy atom. The SMILES string of the molecule is C.C.C.CC(=O)C(=O)O.CC(=O)C(O)c1ccccc1.CC(=O)[C@@H](O)c1ccccc1.CC(=O)[C@H](O)c1ccccc1.N[C@H]1CC[C@@H](O)C1.N[C@H]1CC[C@@H](O)C1.N[C@H]1CC[C@@H](O)C1.N[C@H]1CC[C@@H](O)C1.N[C@H]1CC[C@@H](O)C1. The van der Waals surface area contributed by atoms with Crippen LogP contribution in [0.3, 0.4) is 0 Å². The number of carboxylic acid groups (broad SMARTS) is 1. The van der Waals surface area contributed by atoms with Crippen LogP contribution < -0.4 is 28.7 Å². The van der Waals surface area contributed by atoms with Crippen LogP contribution in [0.2, 0.25) is 0 Å². The number of carbonyl (C=O) groups excluding carboxylic acids is 4. The molecule has 0 heterocycles. The van der Waals surface area contributed by atoms with Crippen LogP contribution in [0.25, 0.3) is 0 Å². The number of nitrogens with two attached hydrogens (primary N) is 5. The highest BCUT2D eigenvalue weighted by molar-refractivity contribution is 6.31. The van der Waals surface area contributed by atoms with Crippen LogP contribution in [0, 0.1) is 0 Å². The van der Waals surface area contributed by atoms with Crippen molar-refractivity contribution < 1.29 is 69.9 Å². The fraction of sp³-hybridized carbons (Fsp3) is 0.603. The summed E-state index contributed by atoms with van der Waals surface area (Å²) in [6.45, 7) is 5.12. The van der Waals surface area contributed by atoms with E-state index in [1.807, 2.05) is 18.2 Å². The van der Waals surface area contributed by atoms with E-state index in [1.54, 1.807) is 72.8 Å². The highest BCUT2D eigenvalue weighted by atomic mass is 16.4. The molecule has 13 atom stereocenters. The summed E-state index contributed by atoms with van der Waals surface area (Å²) in [6, 6.07) is 28.0. The lowest BCUT2D eigenvalue weighted by Crippen LogP contribution is -2.15. The van der Waals surface area contributed by atoms with Crippen LogP contribution in [0.4, 0.5) is 0 Å². The Kier molecular flexibility index (Phi) is 46.2. The number of benzene rings is 3. The van der Waals surface area contributed by atoms with E-state index in [-0.39, 0.29) is 100 Å². The zero-order chi connectivity index (χ0) is 56.3. The fourth-order valence-corrected chi connectivity index (χ4v) is 7.57. The first-order chi connectivity index (χ1) is 34.7. The zero-order valence-electron chi connectivity index (χ0n) is 43.7. The lowest BCUT2D eigenvalue weighted by molar-refractivity contribution is -0.148. The minimum absolute atomic E-state index is 0. The number of aliphatic carboxylic acids is 1. The molecular formula is C58H101N5O14. The van der Waals surface area contributed by atoms with Crippen LogP contribution >= 0.6 is 0 Å². The predicted octanol–water partition coefficient (Wildman–Crippen LogP) is 4.79. The highest BCUT2D eigenvalue weighted by Crippen LogP contribution is 2.19. The summed E-state index contributed by atoms with van der Waals surface area (Å²) >= 11 is 0. The van der Waals surface area contributed by atoms with Gasteiger partial charge in [-0.15, -0.1) is 0 Å². The van der Waals surface area contributed by atoms with Crippen molar-refractivity contribution >= 4 is 29.1 Å². The molecule has 5 fully saturated rings. The molecule has 19 nitrogen and oxygen atoms in total. The molecule has 0 spiro atoms. The summed E-state index contributed by atoms with van der Waals surface area (Å²) < 4.78 is 0. The van der Waals surface area contributed by atoms with E-state index in [1.165, 1.54) is 20.8 Å². The van der Waals surface area contributed by atoms with Gasteiger partial charge >= 0.3 is 5.97 Å². The molecule has 0 radical (unpaired) electrons. The van der Waals surface area contributed by atoms with Gasteiger partial charge in [-0.25, -0.2) is 4.79 Å². The Hall–Kier alpha value is -4.71. The Morgan fingerprint density at radius 2 is 0.519 bits per heavy atom. The number of aliphatic hydroxyl groups is 8. The first-order valence-corrected chi connectivity index (χ1v) is 25.4. The third-order valence-electron chi connectivity index (χ3n) is 12.0. The van der Waals surface area contributed by atoms with Crippen molar-refractivity contribution in [2.45, 2.75) is 225 Å². The molecule has 5 aliphatic carbocycles. The van der Waals surface area contributed by atoms with E-state index in [4.69, 9.17) is 59.3 Å². The molecule has 8 rings (SSSR count). The molecule has 3 aromatic carbocycles. The van der Waals surface area contributed by atoms with Gasteiger partial charge < -0.3 is 74.6 Å². The third kappa shape index (κ3) is 40.2. The van der Waals surface area contributed by atoms with E-state index in [0.29, 0.717) is 16.7 Å². The quantitative estimate of drug-likeness (QED) is 0.141. The summed E-state index contributed by atoms with van der Waals surface area (Å²) in [5, 5.41) is 79.5. The van der Waals surface area contributed by atoms with Gasteiger partial charge in [0.2, 0.25) is 5.78 Å². The molecule has 1 unspecified atom stereocenters. The maximum Gasteiger partial charge on any atom is 0.371 e. The van der Waals surface area contributed by atoms with Crippen LogP contribution in [0.15, 0.2) is 91.0 Å². The Balaban J connectivity index is -0.000000391. The number of Topliss-reactive ketones (excluding diaryl/α,β-unsaturated/α-hetero) is 4. The summed E-state index contributed by atoms with van der Waals surface area (Å²) in [7, 11) is 0. The third-order valence-corrected chi connectivity index (χ3v) is 12.0. The average molecular weight is 1090 g/mol. The van der Waals surface area contributed by atoms with E-state index in [9.17, 15) is 39.3 Å². The molecule has 0 saturated heterocycles. The van der Waals surface area contributed by atoms with Gasteiger partial charge in [-0.3, -0.25) is 19.2 Å². The maximum atomic E-state index is 10.7. The minimum Gasteiger partial charge on any atom is -0.476 e. The molecule has 5 aliphatic rings. The lowest BCUT2D eigenvalue weighted by atomic mass is 10.1. The minimum atomic E-state index is -1.38. The molecule has 0 amide bonds. The van der Waals surface area contributed by atoms with Gasteiger partial charge in [0.05, 0.1) is 30.5 Å². The smallest absolute Gasteiger partial charge is 0.371 e. The van der Waals surface area contributed by atoms with Gasteiger partial charge in [0.15, 0.2) is 17.3 Å². The molecule has 3 aromatic rings. The first kappa shape index (κ1) is 78.8. The molecular weight excluding hydrogens is 991 g/mol. The van der Waals surface area contributed by atoms with Gasteiger partial charge in [-0.1, -0.05) is 113 Å². The molecule has 77 heavy (non-hydrogen) atoms. The topological polar surface area (TPSA) is 398 Å². The zero-order valence-corrected chi connectivity index (χ0v) is 43.7. The van der Waals surface area contributed by atoms with Gasteiger partial charge in [0, 0.05) is 37.1 Å². The summed E-state index contributed by atoms with van der Waals surface area (Å²) in [5.74, 6) is -2.88. The van der Waals surface area contributed by atoms with Crippen molar-refractivity contribution in [1.29, 1.82) is 0 Å². The number of rotatable bonds is 7. The number of hydrogen-bond donors (Lipinski definition) is 14. The van der Waals surface area contributed by atoms with E-state index < -0.39 is 30.1 Å². The van der Waals surface area contributed by atoms with Crippen LogP contribution in [0.5, 0.6) is 0 Å². The van der Waals surface area contributed by atoms with Crippen molar-refractivity contribution in [3.63, 3.8) is 0 Å².